The normalized spacial score (nSPS) is 34.0. The topological polar surface area (TPSA) is 15.3 Å². The fraction of sp³-hybridized carbons (Fsp3) is 1.00. The van der Waals surface area contributed by atoms with Crippen molar-refractivity contribution in [3.8, 4) is 0 Å². The van der Waals surface area contributed by atoms with E-state index in [2.05, 4.69) is 37.9 Å². The van der Waals surface area contributed by atoms with Crippen molar-refractivity contribution in [1.29, 1.82) is 0 Å². The zero-order valence-electron chi connectivity index (χ0n) is 12.8. The maximum absolute atomic E-state index is 3.83. The zero-order valence-corrected chi connectivity index (χ0v) is 12.8. The summed E-state index contributed by atoms with van der Waals surface area (Å²) in [5.41, 5.74) is 0.389. The fourth-order valence-corrected chi connectivity index (χ4v) is 3.48. The van der Waals surface area contributed by atoms with Gasteiger partial charge in [0.2, 0.25) is 0 Å². The summed E-state index contributed by atoms with van der Waals surface area (Å²) in [4.78, 5) is 2.75. The van der Waals surface area contributed by atoms with Gasteiger partial charge >= 0.3 is 0 Å². The summed E-state index contributed by atoms with van der Waals surface area (Å²) in [7, 11) is 0. The Hall–Kier alpha value is -0.0800. The van der Waals surface area contributed by atoms with Crippen LogP contribution < -0.4 is 5.32 Å². The number of hydrogen-bond acceptors (Lipinski definition) is 2. The van der Waals surface area contributed by atoms with Gasteiger partial charge in [0.1, 0.15) is 0 Å². The summed E-state index contributed by atoms with van der Waals surface area (Å²) in [5, 5.41) is 3.83. The molecule has 1 aliphatic carbocycles. The standard InChI is InChI=1S/C16H32N2/c1-5-13(2)11-14(3)18-10-6-9-17-16(4,12-18)15-7-8-15/h13-15,17H,5-12H2,1-4H3. The Balaban J connectivity index is 1.93. The minimum atomic E-state index is 0.389. The lowest BCUT2D eigenvalue weighted by Gasteiger charge is -2.37. The first-order valence-electron chi connectivity index (χ1n) is 8.04. The van der Waals surface area contributed by atoms with Crippen LogP contribution in [0.3, 0.4) is 0 Å². The predicted octanol–water partition coefficient (Wildman–Crippen LogP) is 3.28. The van der Waals surface area contributed by atoms with Crippen molar-refractivity contribution >= 4 is 0 Å². The molecule has 3 atom stereocenters. The molecule has 0 bridgehead atoms. The molecule has 0 aromatic carbocycles. The summed E-state index contributed by atoms with van der Waals surface area (Å²) < 4.78 is 0. The fourth-order valence-electron chi connectivity index (χ4n) is 3.48. The van der Waals surface area contributed by atoms with Gasteiger partial charge in [-0.15, -0.1) is 0 Å². The summed E-state index contributed by atoms with van der Waals surface area (Å²) in [6.45, 7) is 13.4. The van der Waals surface area contributed by atoms with Gasteiger partial charge in [-0.2, -0.15) is 0 Å². The third-order valence-electron chi connectivity index (χ3n) is 5.22. The molecule has 2 heteroatoms. The Morgan fingerprint density at radius 3 is 2.67 bits per heavy atom. The smallest absolute Gasteiger partial charge is 0.0308 e. The van der Waals surface area contributed by atoms with E-state index in [-0.39, 0.29) is 0 Å². The Morgan fingerprint density at radius 1 is 1.33 bits per heavy atom. The van der Waals surface area contributed by atoms with Gasteiger partial charge in [0.05, 0.1) is 0 Å². The third kappa shape index (κ3) is 3.48. The molecule has 2 rings (SSSR count). The van der Waals surface area contributed by atoms with Crippen LogP contribution in [0.15, 0.2) is 0 Å². The molecule has 3 unspecified atom stereocenters. The van der Waals surface area contributed by atoms with Crippen LogP contribution in [0.4, 0.5) is 0 Å². The number of hydrogen-bond donors (Lipinski definition) is 1. The van der Waals surface area contributed by atoms with Gasteiger partial charge in [-0.1, -0.05) is 20.3 Å². The molecule has 0 radical (unpaired) electrons. The van der Waals surface area contributed by atoms with Gasteiger partial charge in [-0.05, 0) is 64.5 Å². The molecule has 18 heavy (non-hydrogen) atoms. The van der Waals surface area contributed by atoms with E-state index >= 15 is 0 Å². The lowest BCUT2D eigenvalue weighted by atomic mass is 9.93. The second kappa shape index (κ2) is 5.92. The highest BCUT2D eigenvalue weighted by atomic mass is 15.2. The van der Waals surface area contributed by atoms with Crippen molar-refractivity contribution in [2.75, 3.05) is 19.6 Å². The first-order chi connectivity index (χ1) is 8.55. The minimum absolute atomic E-state index is 0.389. The maximum Gasteiger partial charge on any atom is 0.0308 e. The van der Waals surface area contributed by atoms with Crippen LogP contribution in [-0.4, -0.2) is 36.1 Å². The molecule has 2 nitrogen and oxygen atoms in total. The van der Waals surface area contributed by atoms with Crippen LogP contribution in [0.2, 0.25) is 0 Å². The first kappa shape index (κ1) is 14.3. The molecule has 2 aliphatic rings. The van der Waals surface area contributed by atoms with Crippen LogP contribution in [0, 0.1) is 11.8 Å². The molecule has 1 heterocycles. The molecule has 1 saturated carbocycles. The van der Waals surface area contributed by atoms with Crippen molar-refractivity contribution in [1.82, 2.24) is 10.2 Å². The Kier molecular flexibility index (Phi) is 4.71. The van der Waals surface area contributed by atoms with Crippen molar-refractivity contribution in [3.05, 3.63) is 0 Å². The number of rotatable bonds is 5. The summed E-state index contributed by atoms with van der Waals surface area (Å²) in [6, 6.07) is 0.748. The lowest BCUT2D eigenvalue weighted by molar-refractivity contribution is 0.142. The van der Waals surface area contributed by atoms with E-state index < -0.39 is 0 Å². The Bertz CT molecular complexity index is 262. The number of nitrogens with zero attached hydrogens (tertiary/aromatic N) is 1. The molecule has 0 spiro atoms. The Labute approximate surface area is 114 Å². The van der Waals surface area contributed by atoms with Crippen molar-refractivity contribution in [2.24, 2.45) is 11.8 Å². The first-order valence-corrected chi connectivity index (χ1v) is 8.04. The van der Waals surface area contributed by atoms with Crippen LogP contribution in [0.5, 0.6) is 0 Å². The molecule has 0 aromatic rings. The highest BCUT2D eigenvalue weighted by molar-refractivity contribution is 5.01. The van der Waals surface area contributed by atoms with E-state index in [1.165, 1.54) is 51.7 Å². The van der Waals surface area contributed by atoms with Gasteiger partial charge < -0.3 is 5.32 Å². The molecular formula is C16H32N2. The zero-order chi connectivity index (χ0) is 13.2. The molecule has 0 amide bonds. The second-order valence-electron chi connectivity index (χ2n) is 7.04. The third-order valence-corrected chi connectivity index (χ3v) is 5.22. The highest BCUT2D eigenvalue weighted by Crippen LogP contribution is 2.40. The second-order valence-corrected chi connectivity index (χ2v) is 7.04. The summed E-state index contributed by atoms with van der Waals surface area (Å²) >= 11 is 0. The van der Waals surface area contributed by atoms with Crippen LogP contribution in [-0.2, 0) is 0 Å². The SMILES string of the molecule is CCC(C)CC(C)N1CCCNC(C)(C2CC2)C1. The van der Waals surface area contributed by atoms with Gasteiger partial charge in [0, 0.05) is 18.1 Å². The molecule has 1 aliphatic heterocycles. The predicted molar refractivity (Wildman–Crippen MR) is 78.9 cm³/mol. The number of nitrogens with one attached hydrogen (secondary N) is 1. The Morgan fingerprint density at radius 2 is 2.06 bits per heavy atom. The highest BCUT2D eigenvalue weighted by Gasteiger charge is 2.43. The van der Waals surface area contributed by atoms with E-state index in [9.17, 15) is 0 Å². The summed E-state index contributed by atoms with van der Waals surface area (Å²) in [6.07, 6.45) is 6.87. The van der Waals surface area contributed by atoms with E-state index in [0.29, 0.717) is 5.54 Å². The average molecular weight is 252 g/mol. The lowest BCUT2D eigenvalue weighted by Crippen LogP contribution is -2.52. The van der Waals surface area contributed by atoms with E-state index in [1.54, 1.807) is 0 Å². The largest absolute Gasteiger partial charge is 0.310 e. The maximum atomic E-state index is 3.83. The van der Waals surface area contributed by atoms with E-state index in [0.717, 1.165) is 17.9 Å². The van der Waals surface area contributed by atoms with Gasteiger partial charge in [-0.25, -0.2) is 0 Å². The van der Waals surface area contributed by atoms with Crippen LogP contribution >= 0.6 is 0 Å². The van der Waals surface area contributed by atoms with Crippen LogP contribution in [0.25, 0.3) is 0 Å². The molecular weight excluding hydrogens is 220 g/mol. The molecule has 106 valence electrons. The molecule has 1 N–H and O–H groups in total. The molecule has 2 fully saturated rings. The minimum Gasteiger partial charge on any atom is -0.310 e. The monoisotopic (exact) mass is 252 g/mol. The summed E-state index contributed by atoms with van der Waals surface area (Å²) in [5.74, 6) is 1.80. The molecule has 1 saturated heterocycles. The van der Waals surface area contributed by atoms with E-state index in [1.807, 2.05) is 0 Å². The average Bonchev–Trinajstić information content (AvgIpc) is 3.15. The van der Waals surface area contributed by atoms with E-state index in [4.69, 9.17) is 0 Å². The van der Waals surface area contributed by atoms with Gasteiger partial charge in [0.15, 0.2) is 0 Å². The van der Waals surface area contributed by atoms with Crippen LogP contribution in [0.1, 0.15) is 59.8 Å². The van der Waals surface area contributed by atoms with Gasteiger partial charge in [-0.3, -0.25) is 4.90 Å². The van der Waals surface area contributed by atoms with Gasteiger partial charge in [0.25, 0.3) is 0 Å². The van der Waals surface area contributed by atoms with Crippen molar-refractivity contribution in [2.45, 2.75) is 71.4 Å². The van der Waals surface area contributed by atoms with Crippen molar-refractivity contribution in [3.63, 3.8) is 0 Å². The van der Waals surface area contributed by atoms with Crippen molar-refractivity contribution < 1.29 is 0 Å². The molecule has 0 aromatic heterocycles. The quantitative estimate of drug-likeness (QED) is 0.808.